The summed E-state index contributed by atoms with van der Waals surface area (Å²) >= 11 is 0. The second-order valence-corrected chi connectivity index (χ2v) is 9.62. The Hall–Kier alpha value is -1.90. The predicted octanol–water partition coefficient (Wildman–Crippen LogP) is 2.97. The zero-order valence-corrected chi connectivity index (χ0v) is 16.8. The first-order chi connectivity index (χ1) is 12.2. The minimum Gasteiger partial charge on any atom is -0.283 e. The number of benzene rings is 2. The third-order valence-electron chi connectivity index (χ3n) is 3.95. The molecule has 0 saturated heterocycles. The zero-order valence-electron chi connectivity index (χ0n) is 15.1. The molecule has 0 aromatic heterocycles. The molecular weight excluding hydrogens is 372 g/mol. The monoisotopic (exact) mass is 396 g/mol. The molecule has 1 N–H and O–H groups in total. The number of hydrogen-bond acceptors (Lipinski definition) is 4. The summed E-state index contributed by atoms with van der Waals surface area (Å²) in [5.41, 5.74) is 2.54. The smallest absolute Gasteiger partial charge is 0.243 e. The van der Waals surface area contributed by atoms with Crippen molar-refractivity contribution >= 4 is 25.7 Å². The lowest BCUT2D eigenvalue weighted by Gasteiger charge is -2.18. The third-order valence-corrected chi connectivity index (χ3v) is 7.27. The summed E-state index contributed by atoms with van der Waals surface area (Å²) in [5.74, 6) is 0.0868. The molecule has 2 aliphatic rings. The summed E-state index contributed by atoms with van der Waals surface area (Å²) in [7, 11) is -6.39. The molecule has 6 nitrogen and oxygen atoms in total. The summed E-state index contributed by atoms with van der Waals surface area (Å²) < 4.78 is 50.2. The molecule has 0 fully saturated rings. The van der Waals surface area contributed by atoms with Gasteiger partial charge in [-0.25, -0.2) is 16.8 Å². The van der Waals surface area contributed by atoms with Gasteiger partial charge in [-0.1, -0.05) is 43.7 Å². The molecule has 142 valence electrons. The van der Waals surface area contributed by atoms with E-state index in [0.717, 1.165) is 11.1 Å². The fourth-order valence-electron chi connectivity index (χ4n) is 2.53. The van der Waals surface area contributed by atoms with Gasteiger partial charge in [0.05, 0.1) is 10.6 Å². The van der Waals surface area contributed by atoms with E-state index in [9.17, 15) is 16.8 Å². The van der Waals surface area contributed by atoms with Crippen LogP contribution in [0.1, 0.15) is 25.0 Å². The van der Waals surface area contributed by atoms with E-state index >= 15 is 0 Å². The van der Waals surface area contributed by atoms with Crippen molar-refractivity contribution in [2.45, 2.75) is 31.4 Å². The maximum Gasteiger partial charge on any atom is 0.243 e. The summed E-state index contributed by atoms with van der Waals surface area (Å²) in [6.45, 7) is 6.64. The van der Waals surface area contributed by atoms with Crippen LogP contribution >= 0.6 is 0 Å². The van der Waals surface area contributed by atoms with Gasteiger partial charge in [-0.3, -0.25) is 4.72 Å². The molecule has 0 unspecified atom stereocenters. The van der Waals surface area contributed by atoms with Gasteiger partial charge in [0.25, 0.3) is 0 Å². The summed E-state index contributed by atoms with van der Waals surface area (Å²) in [5, 5.41) is 0. The number of sulfonamides is 2. The summed E-state index contributed by atoms with van der Waals surface area (Å²) in [6, 6.07) is 14.1. The number of fused-ring (bicyclic) bond motifs is 4. The Balaban J connectivity index is 0.000000195. The molecule has 4 rings (SSSR count). The first-order valence-corrected chi connectivity index (χ1v) is 11.4. The maximum absolute atomic E-state index is 12.0. The first-order valence-electron chi connectivity index (χ1n) is 8.34. The van der Waals surface area contributed by atoms with Gasteiger partial charge in [-0.2, -0.15) is 4.31 Å². The Morgan fingerprint density at radius 2 is 1.50 bits per heavy atom. The van der Waals surface area contributed by atoms with Crippen LogP contribution in [0.25, 0.3) is 0 Å². The van der Waals surface area contributed by atoms with E-state index in [4.69, 9.17) is 0 Å². The number of hydrogen-bond donors (Lipinski definition) is 1. The van der Waals surface area contributed by atoms with Crippen LogP contribution in [0.15, 0.2) is 53.4 Å². The van der Waals surface area contributed by atoms with Crippen LogP contribution in [0.3, 0.4) is 0 Å². The molecule has 0 amide bonds. The largest absolute Gasteiger partial charge is 0.283 e. The van der Waals surface area contributed by atoms with Crippen LogP contribution in [-0.2, 0) is 25.8 Å². The molecule has 26 heavy (non-hydrogen) atoms. The zero-order chi connectivity index (χ0) is 19.4. The highest BCUT2D eigenvalue weighted by Gasteiger charge is 2.20. The quantitative estimate of drug-likeness (QED) is 0.861. The van der Waals surface area contributed by atoms with Gasteiger partial charge < -0.3 is 0 Å². The highest BCUT2D eigenvalue weighted by atomic mass is 32.2. The SMILES string of the molecule is CCN(CC)S(=O)(=O)c1ccc(C)cc1.O=S1(=O)Cc2ccc(cc2)N1. The second kappa shape index (κ2) is 8.20. The fourth-order valence-corrected chi connectivity index (χ4v) is 5.18. The van der Waals surface area contributed by atoms with Gasteiger partial charge in [0.15, 0.2) is 0 Å². The Labute approximate surface area is 156 Å². The number of rotatable bonds is 4. The van der Waals surface area contributed by atoms with Crippen LogP contribution < -0.4 is 4.72 Å². The average Bonchev–Trinajstić information content (AvgIpc) is 2.82. The normalized spacial score (nSPS) is 14.9. The maximum atomic E-state index is 12.0. The minimum absolute atomic E-state index is 0.0868. The van der Waals surface area contributed by atoms with Crippen molar-refractivity contribution in [1.29, 1.82) is 0 Å². The van der Waals surface area contributed by atoms with Crippen molar-refractivity contribution in [2.24, 2.45) is 0 Å². The van der Waals surface area contributed by atoms with Crippen LogP contribution in [0, 0.1) is 6.92 Å². The summed E-state index contributed by atoms with van der Waals surface area (Å²) in [6.07, 6.45) is 0. The molecule has 0 spiro atoms. The van der Waals surface area contributed by atoms with E-state index in [1.165, 1.54) is 4.31 Å². The van der Waals surface area contributed by atoms with Crippen LogP contribution in [0.2, 0.25) is 0 Å². The van der Waals surface area contributed by atoms with Crippen molar-refractivity contribution in [1.82, 2.24) is 4.31 Å². The van der Waals surface area contributed by atoms with Gasteiger partial charge in [-0.15, -0.1) is 0 Å². The van der Waals surface area contributed by atoms with E-state index < -0.39 is 20.0 Å². The summed E-state index contributed by atoms with van der Waals surface area (Å²) in [4.78, 5) is 0.372. The molecule has 8 heteroatoms. The molecule has 2 heterocycles. The van der Waals surface area contributed by atoms with E-state index in [1.54, 1.807) is 24.3 Å². The highest BCUT2D eigenvalue weighted by molar-refractivity contribution is 7.92. The molecule has 0 radical (unpaired) electrons. The van der Waals surface area contributed by atoms with Crippen LogP contribution in [0.4, 0.5) is 5.69 Å². The third kappa shape index (κ3) is 5.06. The predicted molar refractivity (Wildman–Crippen MR) is 104 cm³/mol. The van der Waals surface area contributed by atoms with Crippen molar-refractivity contribution in [3.63, 3.8) is 0 Å². The number of anilines is 1. The van der Waals surface area contributed by atoms with Crippen LogP contribution in [0.5, 0.6) is 0 Å². The van der Waals surface area contributed by atoms with Crippen molar-refractivity contribution in [3.8, 4) is 0 Å². The molecule has 2 aliphatic heterocycles. The van der Waals surface area contributed by atoms with Crippen molar-refractivity contribution in [2.75, 3.05) is 17.8 Å². The van der Waals surface area contributed by atoms with Gasteiger partial charge in [0.1, 0.15) is 0 Å². The fraction of sp³-hybridized carbons (Fsp3) is 0.333. The highest BCUT2D eigenvalue weighted by Crippen LogP contribution is 2.19. The topological polar surface area (TPSA) is 83.6 Å². The standard InChI is InChI=1S/C11H17NO2S.C7H7NO2S/c1-4-12(5-2)15(13,14)11-8-6-10(3)7-9-11;9-11(10)5-6-1-3-7(8-11)4-2-6/h6-9H,4-5H2,1-3H3;1-4,8H,5H2. The number of nitrogens with one attached hydrogen (secondary N) is 1. The van der Waals surface area contributed by atoms with Gasteiger partial charge >= 0.3 is 0 Å². The molecular formula is C18H24N2O4S2. The average molecular weight is 397 g/mol. The van der Waals surface area contributed by atoms with E-state index in [-0.39, 0.29) is 5.75 Å². The van der Waals surface area contributed by atoms with Crippen LogP contribution in [-0.4, -0.2) is 34.2 Å². The Bertz CT molecular complexity index is 901. The Morgan fingerprint density at radius 1 is 0.962 bits per heavy atom. The van der Waals surface area contributed by atoms with Crippen molar-refractivity contribution < 1.29 is 16.8 Å². The Kier molecular flexibility index (Phi) is 6.44. The molecule has 2 aromatic carbocycles. The molecule has 2 aromatic rings. The number of aryl methyl sites for hydroxylation is 1. The van der Waals surface area contributed by atoms with Crippen molar-refractivity contribution in [3.05, 3.63) is 59.7 Å². The lowest BCUT2D eigenvalue weighted by molar-refractivity contribution is 0.445. The molecule has 0 atom stereocenters. The molecule has 0 saturated carbocycles. The van der Waals surface area contributed by atoms with E-state index in [2.05, 4.69) is 4.72 Å². The van der Waals surface area contributed by atoms with Gasteiger partial charge in [-0.05, 0) is 36.8 Å². The molecule has 2 bridgehead atoms. The van der Waals surface area contributed by atoms with Gasteiger partial charge in [0, 0.05) is 18.8 Å². The lowest BCUT2D eigenvalue weighted by atomic mass is 10.2. The minimum atomic E-state index is -3.28. The van der Waals surface area contributed by atoms with E-state index in [1.807, 2.05) is 45.0 Å². The first kappa shape index (κ1) is 20.4. The van der Waals surface area contributed by atoms with E-state index in [0.29, 0.717) is 23.7 Å². The Morgan fingerprint density at radius 3 is 2.00 bits per heavy atom. The van der Waals surface area contributed by atoms with Gasteiger partial charge in [0.2, 0.25) is 20.0 Å². The molecule has 0 aliphatic carbocycles. The second-order valence-electron chi connectivity index (χ2n) is 5.96. The number of nitrogens with zero attached hydrogens (tertiary/aromatic N) is 1. The lowest BCUT2D eigenvalue weighted by Crippen LogP contribution is -2.30.